The van der Waals surface area contributed by atoms with Gasteiger partial charge in [0.1, 0.15) is 11.5 Å². The molecule has 5 atom stereocenters. The first-order chi connectivity index (χ1) is 27.3. The molecule has 2 fully saturated rings. The largest absolute Gasteiger partial charge is 0.494 e. The third-order valence-corrected chi connectivity index (χ3v) is 11.8. The van der Waals surface area contributed by atoms with Crippen molar-refractivity contribution in [2.24, 2.45) is 11.8 Å². The van der Waals surface area contributed by atoms with Crippen molar-refractivity contribution in [2.75, 3.05) is 33.5 Å². The number of esters is 1. The van der Waals surface area contributed by atoms with E-state index in [0.717, 1.165) is 80.4 Å². The van der Waals surface area contributed by atoms with Gasteiger partial charge in [0.25, 0.3) is 0 Å². The van der Waals surface area contributed by atoms with Crippen LogP contribution in [0.5, 0.6) is 11.5 Å². The van der Waals surface area contributed by atoms with Crippen LogP contribution in [0.1, 0.15) is 135 Å². The minimum Gasteiger partial charge on any atom is -0.494 e. The second-order valence-electron chi connectivity index (χ2n) is 17.4. The fraction of sp³-hybridized carbons (Fsp3) is 0.612. The summed E-state index contributed by atoms with van der Waals surface area (Å²) in [7, 11) is 1.49. The third kappa shape index (κ3) is 13.3. The van der Waals surface area contributed by atoms with Gasteiger partial charge in [0.05, 0.1) is 51.7 Å². The Morgan fingerprint density at radius 1 is 0.719 bits per heavy atom. The molecule has 0 spiro atoms. The van der Waals surface area contributed by atoms with Crippen molar-refractivity contribution in [2.45, 2.75) is 148 Å². The van der Waals surface area contributed by atoms with Gasteiger partial charge >= 0.3 is 5.97 Å². The van der Waals surface area contributed by atoms with E-state index in [2.05, 4.69) is 92.7 Å². The molecular weight excluding hydrogens is 717 g/mol. The van der Waals surface area contributed by atoms with E-state index in [1.807, 2.05) is 34.6 Å². The Kier molecular flexibility index (Phi) is 16.5. The zero-order valence-electron chi connectivity index (χ0n) is 36.1. The van der Waals surface area contributed by atoms with Crippen molar-refractivity contribution in [3.05, 3.63) is 95.6 Å². The second kappa shape index (κ2) is 21.0. The number of ether oxygens (including phenoxy) is 7. The molecule has 0 aliphatic carbocycles. The molecular formula is C49H70O8. The summed E-state index contributed by atoms with van der Waals surface area (Å²) in [5.41, 5.74) is 3.13. The van der Waals surface area contributed by atoms with Gasteiger partial charge in [0.15, 0.2) is 11.6 Å². The Balaban J connectivity index is 1.37. The molecule has 0 amide bonds. The minimum atomic E-state index is -0.507. The maximum Gasteiger partial charge on any atom is 0.308 e. The quantitative estimate of drug-likeness (QED) is 0.0694. The van der Waals surface area contributed by atoms with Gasteiger partial charge in [-0.1, -0.05) is 81.8 Å². The highest BCUT2D eigenvalue weighted by Gasteiger charge is 2.41. The summed E-state index contributed by atoms with van der Waals surface area (Å²) in [6.07, 6.45) is 9.68. The van der Waals surface area contributed by atoms with E-state index >= 15 is 0 Å². The van der Waals surface area contributed by atoms with Crippen LogP contribution in [-0.2, 0) is 33.9 Å². The summed E-state index contributed by atoms with van der Waals surface area (Å²) in [6.45, 7) is 17.0. The fourth-order valence-corrected chi connectivity index (χ4v) is 8.54. The van der Waals surface area contributed by atoms with E-state index < -0.39 is 17.0 Å². The lowest BCUT2D eigenvalue weighted by atomic mass is 9.63. The molecule has 2 heterocycles. The Hall–Kier alpha value is -3.43. The molecule has 2 aliphatic heterocycles. The van der Waals surface area contributed by atoms with E-state index in [0.29, 0.717) is 38.8 Å². The maximum atomic E-state index is 13.2. The molecule has 2 aliphatic rings. The molecule has 0 N–H and O–H groups in total. The highest BCUT2D eigenvalue weighted by atomic mass is 16.7. The van der Waals surface area contributed by atoms with Crippen molar-refractivity contribution in [3.63, 3.8) is 0 Å². The lowest BCUT2D eigenvalue weighted by Crippen LogP contribution is -2.35. The van der Waals surface area contributed by atoms with Crippen LogP contribution in [0.15, 0.2) is 78.9 Å². The number of hydrogen-bond acceptors (Lipinski definition) is 8. The number of carbonyl (C=O) groups excluding carboxylic acids is 1. The molecule has 0 saturated carbocycles. The summed E-state index contributed by atoms with van der Waals surface area (Å²) in [6, 6.07) is 28.1. The van der Waals surface area contributed by atoms with Gasteiger partial charge in [-0.3, -0.25) is 4.79 Å². The molecule has 2 saturated heterocycles. The standard InChI is InChI=1S/C49H70O8/c1-9-36(2)31-39(38-17-11-10-12-18-38)33-49(32-37(3)46(50)51-8,40-21-25-42(26-22-40)52-29-15-13-19-44-34-54-47(4,5)56-44)41-23-27-43(28-24-41)53-30-16-14-20-45-35-55-48(6,7)57-45/h10-12,17-18,21-28,36-37,39,44-45H,9,13-16,19-20,29-35H2,1-8H3. The van der Waals surface area contributed by atoms with Crippen LogP contribution in [0.4, 0.5) is 0 Å². The highest BCUT2D eigenvalue weighted by molar-refractivity contribution is 5.72. The van der Waals surface area contributed by atoms with Crippen LogP contribution < -0.4 is 9.47 Å². The number of unbranched alkanes of at least 4 members (excludes halogenated alkanes) is 2. The smallest absolute Gasteiger partial charge is 0.308 e. The lowest BCUT2D eigenvalue weighted by molar-refractivity contribution is -0.145. The van der Waals surface area contributed by atoms with Gasteiger partial charge in [-0.15, -0.1) is 0 Å². The molecule has 3 aromatic carbocycles. The number of hydrogen-bond donors (Lipinski definition) is 0. The Labute approximate surface area is 343 Å². The van der Waals surface area contributed by atoms with Gasteiger partial charge in [-0.2, -0.15) is 0 Å². The molecule has 0 bridgehead atoms. The van der Waals surface area contributed by atoms with Gasteiger partial charge < -0.3 is 33.2 Å². The Morgan fingerprint density at radius 2 is 1.21 bits per heavy atom. The number of benzene rings is 3. The van der Waals surface area contributed by atoms with Gasteiger partial charge in [-0.25, -0.2) is 0 Å². The predicted molar refractivity (Wildman–Crippen MR) is 226 cm³/mol. The van der Waals surface area contributed by atoms with E-state index in [1.54, 1.807) is 0 Å². The van der Waals surface area contributed by atoms with Crippen molar-refractivity contribution in [3.8, 4) is 11.5 Å². The van der Waals surface area contributed by atoms with Gasteiger partial charge in [0.2, 0.25) is 0 Å². The van der Waals surface area contributed by atoms with Crippen LogP contribution in [0.3, 0.4) is 0 Å². The molecule has 8 heteroatoms. The van der Waals surface area contributed by atoms with Crippen molar-refractivity contribution < 1.29 is 38.0 Å². The van der Waals surface area contributed by atoms with Crippen LogP contribution in [0.25, 0.3) is 0 Å². The van der Waals surface area contributed by atoms with E-state index in [4.69, 9.17) is 33.2 Å². The second-order valence-corrected chi connectivity index (χ2v) is 17.4. The Bertz CT molecular complexity index is 1540. The molecule has 314 valence electrons. The molecule has 0 aromatic heterocycles. The van der Waals surface area contributed by atoms with Crippen LogP contribution in [-0.4, -0.2) is 63.3 Å². The van der Waals surface area contributed by atoms with Crippen LogP contribution in [0.2, 0.25) is 0 Å². The van der Waals surface area contributed by atoms with Crippen molar-refractivity contribution in [1.29, 1.82) is 0 Å². The summed E-state index contributed by atoms with van der Waals surface area (Å²) in [4.78, 5) is 13.2. The monoisotopic (exact) mass is 787 g/mol. The minimum absolute atomic E-state index is 0.145. The number of carbonyl (C=O) groups is 1. The first kappa shape index (κ1) is 44.7. The number of methoxy groups -OCH3 is 1. The molecule has 3 aromatic rings. The van der Waals surface area contributed by atoms with Crippen LogP contribution >= 0.6 is 0 Å². The lowest BCUT2D eigenvalue weighted by Gasteiger charge is -2.40. The summed E-state index contributed by atoms with van der Waals surface area (Å²) >= 11 is 0. The molecule has 5 unspecified atom stereocenters. The zero-order chi connectivity index (χ0) is 40.9. The van der Waals surface area contributed by atoms with Gasteiger partial charge in [-0.05, 0) is 138 Å². The Morgan fingerprint density at radius 3 is 1.63 bits per heavy atom. The summed E-state index contributed by atoms with van der Waals surface area (Å²) in [5.74, 6) is 0.973. The maximum absolute atomic E-state index is 13.2. The van der Waals surface area contributed by atoms with E-state index in [1.165, 1.54) is 12.7 Å². The molecule has 57 heavy (non-hydrogen) atoms. The molecule has 8 nitrogen and oxygen atoms in total. The predicted octanol–water partition coefficient (Wildman–Crippen LogP) is 11.2. The average Bonchev–Trinajstić information content (AvgIpc) is 3.75. The van der Waals surface area contributed by atoms with Crippen LogP contribution in [0, 0.1) is 11.8 Å². The summed E-state index contributed by atoms with van der Waals surface area (Å²) < 4.78 is 41.3. The van der Waals surface area contributed by atoms with Crippen molar-refractivity contribution >= 4 is 5.97 Å². The average molecular weight is 787 g/mol. The SMILES string of the molecule is CCC(C)CC(CC(CC(C)C(=O)OC)(c1ccc(OCCCCC2COC(C)(C)O2)cc1)c1ccc(OCCCCC2COC(C)(C)O2)cc1)c1ccccc1. The molecule has 0 radical (unpaired) electrons. The molecule has 5 rings (SSSR count). The normalized spacial score (nSPS) is 21.3. The van der Waals surface area contributed by atoms with Gasteiger partial charge in [0, 0.05) is 5.41 Å². The first-order valence-corrected chi connectivity index (χ1v) is 21.5. The third-order valence-electron chi connectivity index (χ3n) is 11.8. The van der Waals surface area contributed by atoms with E-state index in [9.17, 15) is 4.79 Å². The topological polar surface area (TPSA) is 81.7 Å². The zero-order valence-corrected chi connectivity index (χ0v) is 36.1. The highest BCUT2D eigenvalue weighted by Crippen LogP contribution is 2.48. The first-order valence-electron chi connectivity index (χ1n) is 21.5. The van der Waals surface area contributed by atoms with Crippen molar-refractivity contribution in [1.82, 2.24) is 0 Å². The number of rotatable bonds is 23. The fourth-order valence-electron chi connectivity index (χ4n) is 8.54. The summed E-state index contributed by atoms with van der Waals surface area (Å²) in [5, 5.41) is 0. The van der Waals surface area contributed by atoms with E-state index in [-0.39, 0.29) is 30.0 Å².